The number of aliphatic carboxylic acids is 1. The number of likely N-dealkylation sites (tertiary alicyclic amines) is 1. The van der Waals surface area contributed by atoms with Gasteiger partial charge in [0.1, 0.15) is 0 Å². The van der Waals surface area contributed by atoms with E-state index in [1.165, 1.54) is 0 Å². The standard InChI is InChI=1S/C22H35NO9/c1-11(2)20(26)30-14-15(31-21(27)12(3)4)17(19(24)25)29-18(23-9-7-8-10-23)16(14)32-22(28)13(5)6/h11-18H,7-10H2,1-6H3,(H,24,25)/t14-,15-,16+,17-,18+/m0/s1. The summed E-state index contributed by atoms with van der Waals surface area (Å²) >= 11 is 0. The molecule has 10 heteroatoms. The number of carbonyl (C=O) groups excluding carboxylic acids is 3. The molecule has 1 N–H and O–H groups in total. The predicted octanol–water partition coefficient (Wildman–Crippen LogP) is 1.60. The van der Waals surface area contributed by atoms with Crippen LogP contribution in [0.3, 0.4) is 0 Å². The summed E-state index contributed by atoms with van der Waals surface area (Å²) in [6.45, 7) is 11.0. The van der Waals surface area contributed by atoms with Crippen molar-refractivity contribution in [3.63, 3.8) is 0 Å². The lowest BCUT2D eigenvalue weighted by atomic mass is 9.95. The van der Waals surface area contributed by atoms with Crippen LogP contribution < -0.4 is 0 Å². The van der Waals surface area contributed by atoms with E-state index in [1.807, 2.05) is 4.90 Å². The predicted molar refractivity (Wildman–Crippen MR) is 111 cm³/mol. The number of ether oxygens (including phenoxy) is 4. The van der Waals surface area contributed by atoms with Crippen LogP contribution in [0.25, 0.3) is 0 Å². The van der Waals surface area contributed by atoms with Crippen LogP contribution in [0.1, 0.15) is 54.4 Å². The smallest absolute Gasteiger partial charge is 0.336 e. The molecule has 2 fully saturated rings. The van der Waals surface area contributed by atoms with Crippen LogP contribution in [0.4, 0.5) is 0 Å². The van der Waals surface area contributed by atoms with Gasteiger partial charge < -0.3 is 24.1 Å². The van der Waals surface area contributed by atoms with Gasteiger partial charge in [-0.25, -0.2) is 4.79 Å². The average molecular weight is 458 g/mol. The third kappa shape index (κ3) is 6.19. The Morgan fingerprint density at radius 2 is 1.16 bits per heavy atom. The summed E-state index contributed by atoms with van der Waals surface area (Å²) in [6, 6.07) is 0. The quantitative estimate of drug-likeness (QED) is 0.424. The summed E-state index contributed by atoms with van der Waals surface area (Å²) in [5, 5.41) is 9.86. The molecule has 0 saturated carbocycles. The molecule has 0 aliphatic carbocycles. The molecule has 0 radical (unpaired) electrons. The molecule has 0 bridgehead atoms. The second-order valence-electron chi connectivity index (χ2n) is 9.20. The highest BCUT2D eigenvalue weighted by Crippen LogP contribution is 2.33. The monoisotopic (exact) mass is 457 g/mol. The Bertz CT molecular complexity index is 700. The third-order valence-corrected chi connectivity index (χ3v) is 5.43. The van der Waals surface area contributed by atoms with E-state index in [4.69, 9.17) is 18.9 Å². The van der Waals surface area contributed by atoms with Crippen LogP contribution in [0, 0.1) is 17.8 Å². The summed E-state index contributed by atoms with van der Waals surface area (Å²) in [4.78, 5) is 51.4. The Kier molecular flexibility index (Phi) is 9.03. The second-order valence-corrected chi connectivity index (χ2v) is 9.20. The summed E-state index contributed by atoms with van der Waals surface area (Å²) in [7, 11) is 0. The molecule has 10 nitrogen and oxygen atoms in total. The lowest BCUT2D eigenvalue weighted by Crippen LogP contribution is -2.67. The number of esters is 3. The highest BCUT2D eigenvalue weighted by molar-refractivity contribution is 5.77. The topological polar surface area (TPSA) is 129 Å². The first kappa shape index (κ1) is 26.1. The Morgan fingerprint density at radius 3 is 1.56 bits per heavy atom. The van der Waals surface area contributed by atoms with E-state index >= 15 is 0 Å². The summed E-state index contributed by atoms with van der Waals surface area (Å²) in [5.41, 5.74) is 0. The Balaban J connectivity index is 2.52. The van der Waals surface area contributed by atoms with Gasteiger partial charge in [-0.1, -0.05) is 41.5 Å². The molecule has 2 saturated heterocycles. The van der Waals surface area contributed by atoms with Crippen molar-refractivity contribution in [3.05, 3.63) is 0 Å². The first-order chi connectivity index (χ1) is 14.9. The van der Waals surface area contributed by atoms with Gasteiger partial charge in [0.05, 0.1) is 17.8 Å². The van der Waals surface area contributed by atoms with E-state index in [-0.39, 0.29) is 0 Å². The number of rotatable bonds is 8. The molecule has 0 spiro atoms. The van der Waals surface area contributed by atoms with Crippen LogP contribution >= 0.6 is 0 Å². The lowest BCUT2D eigenvalue weighted by Gasteiger charge is -2.46. The van der Waals surface area contributed by atoms with Crippen molar-refractivity contribution < 1.29 is 43.2 Å². The minimum absolute atomic E-state index is 0.482. The van der Waals surface area contributed by atoms with Gasteiger partial charge in [0.2, 0.25) is 0 Å². The van der Waals surface area contributed by atoms with Crippen molar-refractivity contribution in [3.8, 4) is 0 Å². The molecule has 0 amide bonds. The van der Waals surface area contributed by atoms with Crippen molar-refractivity contribution in [1.82, 2.24) is 4.90 Å². The molecule has 5 atom stereocenters. The van der Waals surface area contributed by atoms with E-state index in [2.05, 4.69) is 0 Å². The molecule has 0 aromatic heterocycles. The molecule has 2 aliphatic rings. The first-order valence-electron chi connectivity index (χ1n) is 11.2. The molecular formula is C22H35NO9. The molecule has 182 valence electrons. The van der Waals surface area contributed by atoms with Gasteiger partial charge in [-0.2, -0.15) is 0 Å². The molecule has 32 heavy (non-hydrogen) atoms. The SMILES string of the molecule is CC(C)C(=O)O[C@@H]1[C@@H](OC(=O)C(C)C)[C@H](N2CCCC2)O[C@H](C(=O)O)[C@H]1OC(=O)C(C)C. The van der Waals surface area contributed by atoms with Crippen LogP contribution in [-0.4, -0.2) is 77.6 Å². The van der Waals surface area contributed by atoms with Crippen molar-refractivity contribution in [1.29, 1.82) is 0 Å². The van der Waals surface area contributed by atoms with Crippen LogP contribution in [0.15, 0.2) is 0 Å². The van der Waals surface area contributed by atoms with Gasteiger partial charge in [-0.3, -0.25) is 19.3 Å². The highest BCUT2D eigenvalue weighted by atomic mass is 16.7. The maximum atomic E-state index is 12.5. The van der Waals surface area contributed by atoms with Gasteiger partial charge in [0.15, 0.2) is 30.6 Å². The third-order valence-electron chi connectivity index (χ3n) is 5.43. The van der Waals surface area contributed by atoms with Crippen LogP contribution in [-0.2, 0) is 38.1 Å². The van der Waals surface area contributed by atoms with Crippen LogP contribution in [0.2, 0.25) is 0 Å². The van der Waals surface area contributed by atoms with E-state index in [0.29, 0.717) is 13.1 Å². The number of hydrogen-bond donors (Lipinski definition) is 1. The van der Waals surface area contributed by atoms with E-state index in [9.17, 15) is 24.3 Å². The fraction of sp³-hybridized carbons (Fsp3) is 0.818. The van der Waals surface area contributed by atoms with Gasteiger partial charge in [0.25, 0.3) is 0 Å². The van der Waals surface area contributed by atoms with Gasteiger partial charge in [0, 0.05) is 13.1 Å². The molecule has 0 aromatic rings. The van der Waals surface area contributed by atoms with Gasteiger partial charge >= 0.3 is 23.9 Å². The van der Waals surface area contributed by atoms with E-state index in [0.717, 1.165) is 12.8 Å². The molecule has 0 unspecified atom stereocenters. The zero-order valence-corrected chi connectivity index (χ0v) is 19.6. The second kappa shape index (κ2) is 11.1. The maximum absolute atomic E-state index is 12.5. The highest BCUT2D eigenvalue weighted by Gasteiger charge is 2.56. The van der Waals surface area contributed by atoms with Gasteiger partial charge in [-0.05, 0) is 12.8 Å². The summed E-state index contributed by atoms with van der Waals surface area (Å²) in [6.07, 6.45) is -4.80. The minimum Gasteiger partial charge on any atom is -0.479 e. The fourth-order valence-corrected chi connectivity index (χ4v) is 3.51. The van der Waals surface area contributed by atoms with Crippen molar-refractivity contribution in [2.45, 2.75) is 85.0 Å². The minimum atomic E-state index is -1.60. The molecular weight excluding hydrogens is 422 g/mol. The Morgan fingerprint density at radius 1 is 0.750 bits per heavy atom. The van der Waals surface area contributed by atoms with Crippen LogP contribution in [0.5, 0.6) is 0 Å². The van der Waals surface area contributed by atoms with Crippen molar-refractivity contribution >= 4 is 23.9 Å². The summed E-state index contributed by atoms with van der Waals surface area (Å²) in [5.74, 6) is -4.80. The maximum Gasteiger partial charge on any atom is 0.336 e. The number of nitrogens with zero attached hydrogens (tertiary/aromatic N) is 1. The molecule has 2 rings (SSSR count). The molecule has 2 heterocycles. The lowest BCUT2D eigenvalue weighted by molar-refractivity contribution is -0.273. The molecule has 2 aliphatic heterocycles. The van der Waals surface area contributed by atoms with Gasteiger partial charge in [-0.15, -0.1) is 0 Å². The van der Waals surface area contributed by atoms with Crippen molar-refractivity contribution in [2.75, 3.05) is 13.1 Å². The fourth-order valence-electron chi connectivity index (χ4n) is 3.51. The number of carboxylic acid groups (broad SMARTS) is 1. The van der Waals surface area contributed by atoms with Crippen molar-refractivity contribution in [2.24, 2.45) is 17.8 Å². The van der Waals surface area contributed by atoms with E-state index < -0.39 is 72.3 Å². The Labute approximate surface area is 188 Å². The number of carboxylic acids is 1. The number of hydrogen-bond acceptors (Lipinski definition) is 9. The zero-order chi connectivity index (χ0) is 24.2. The molecule has 0 aromatic carbocycles. The largest absolute Gasteiger partial charge is 0.479 e. The van der Waals surface area contributed by atoms with E-state index in [1.54, 1.807) is 41.5 Å². The zero-order valence-electron chi connectivity index (χ0n) is 19.6. The number of carbonyl (C=O) groups is 4. The first-order valence-corrected chi connectivity index (χ1v) is 11.2. The Hall–Kier alpha value is -2.20. The normalized spacial score (nSPS) is 28.7. The summed E-state index contributed by atoms with van der Waals surface area (Å²) < 4.78 is 22.7. The average Bonchev–Trinajstić information content (AvgIpc) is 3.23.